The third kappa shape index (κ3) is 4.99. The van der Waals surface area contributed by atoms with Crippen molar-refractivity contribution < 1.29 is 23.9 Å². The van der Waals surface area contributed by atoms with E-state index in [1.165, 1.54) is 16.9 Å². The van der Waals surface area contributed by atoms with Crippen LogP contribution in [0.15, 0.2) is 12.7 Å². The van der Waals surface area contributed by atoms with Crippen LogP contribution in [-0.2, 0) is 19.1 Å². The first-order valence-electron chi connectivity index (χ1n) is 8.91. The van der Waals surface area contributed by atoms with Crippen molar-refractivity contribution in [3.05, 3.63) is 12.7 Å². The van der Waals surface area contributed by atoms with Crippen LogP contribution in [0.1, 0.15) is 41.0 Å². The molecule has 7 heteroatoms. The Balaban J connectivity index is 2.97. The van der Waals surface area contributed by atoms with Crippen molar-refractivity contribution in [3.63, 3.8) is 0 Å². The molecular formula is C19H32N2O5. The fourth-order valence-electron chi connectivity index (χ4n) is 3.31. The summed E-state index contributed by atoms with van der Waals surface area (Å²) in [5.74, 6) is -1.21. The molecule has 2 amide bonds. The first-order valence-corrected chi connectivity index (χ1v) is 8.91. The number of carbonyl (C=O) groups excluding carboxylic acids is 3. The summed E-state index contributed by atoms with van der Waals surface area (Å²) >= 11 is 0. The molecule has 0 aliphatic carbocycles. The van der Waals surface area contributed by atoms with E-state index in [0.29, 0.717) is 13.0 Å². The Hall–Kier alpha value is -2.05. The molecule has 1 fully saturated rings. The van der Waals surface area contributed by atoms with Gasteiger partial charge in [-0.2, -0.15) is 0 Å². The van der Waals surface area contributed by atoms with Gasteiger partial charge in [-0.05, 0) is 33.1 Å². The number of nitrogens with zero attached hydrogens (tertiary/aromatic N) is 2. The van der Waals surface area contributed by atoms with Gasteiger partial charge in [0.15, 0.2) is 0 Å². The van der Waals surface area contributed by atoms with Crippen LogP contribution >= 0.6 is 0 Å². The number of amides is 2. The summed E-state index contributed by atoms with van der Waals surface area (Å²) in [5.41, 5.74) is -0.616. The van der Waals surface area contributed by atoms with Gasteiger partial charge in [0.1, 0.15) is 11.6 Å². The maximum absolute atomic E-state index is 13.0. The van der Waals surface area contributed by atoms with Crippen LogP contribution in [-0.4, -0.2) is 66.2 Å². The molecule has 1 rings (SSSR count). The maximum atomic E-state index is 13.0. The van der Waals surface area contributed by atoms with E-state index < -0.39 is 35.7 Å². The minimum atomic E-state index is -0.673. The minimum absolute atomic E-state index is 0.0954. The highest BCUT2D eigenvalue weighted by molar-refractivity contribution is 5.87. The number of carbonyl (C=O) groups is 3. The van der Waals surface area contributed by atoms with Gasteiger partial charge in [0.2, 0.25) is 5.91 Å². The monoisotopic (exact) mass is 368 g/mol. The zero-order valence-electron chi connectivity index (χ0n) is 16.9. The highest BCUT2D eigenvalue weighted by Crippen LogP contribution is 2.29. The van der Waals surface area contributed by atoms with Gasteiger partial charge in [0.25, 0.3) is 0 Å². The van der Waals surface area contributed by atoms with Gasteiger partial charge in [-0.1, -0.05) is 19.9 Å². The molecule has 26 heavy (non-hydrogen) atoms. The second-order valence-electron chi connectivity index (χ2n) is 7.96. The van der Waals surface area contributed by atoms with Crippen molar-refractivity contribution >= 4 is 18.0 Å². The first-order chi connectivity index (χ1) is 11.9. The number of likely N-dealkylation sites (tertiary alicyclic amines) is 1. The van der Waals surface area contributed by atoms with Gasteiger partial charge in [0, 0.05) is 13.6 Å². The molecule has 3 atom stereocenters. The summed E-state index contributed by atoms with van der Waals surface area (Å²) in [4.78, 5) is 40.5. The summed E-state index contributed by atoms with van der Waals surface area (Å²) < 4.78 is 10.3. The smallest absolute Gasteiger partial charge is 0.410 e. The molecule has 0 radical (unpaired) electrons. The molecule has 0 bridgehead atoms. The number of hydrogen-bond donors (Lipinski definition) is 0. The molecule has 0 N–H and O–H groups in total. The summed E-state index contributed by atoms with van der Waals surface area (Å²) in [5, 5.41) is 0. The van der Waals surface area contributed by atoms with E-state index in [0.717, 1.165) is 0 Å². The van der Waals surface area contributed by atoms with Crippen molar-refractivity contribution in [3.8, 4) is 0 Å². The Morgan fingerprint density at radius 2 is 1.85 bits per heavy atom. The van der Waals surface area contributed by atoms with Crippen LogP contribution < -0.4 is 0 Å². The highest BCUT2D eigenvalue weighted by Gasteiger charge is 2.44. The molecular weight excluding hydrogens is 336 g/mol. The minimum Gasteiger partial charge on any atom is -0.467 e. The summed E-state index contributed by atoms with van der Waals surface area (Å²) in [6.45, 7) is 13.3. The lowest BCUT2D eigenvalue weighted by atomic mass is 9.96. The predicted octanol–water partition coefficient (Wildman–Crippen LogP) is 2.45. The molecule has 0 saturated carbocycles. The molecule has 7 nitrogen and oxygen atoms in total. The molecule has 1 aliphatic rings. The number of likely N-dealkylation sites (N-methyl/N-ethyl adjacent to an activating group) is 1. The fraction of sp³-hybridized carbons (Fsp3) is 0.737. The zero-order chi connectivity index (χ0) is 20.2. The first kappa shape index (κ1) is 22.0. The lowest BCUT2D eigenvalue weighted by molar-refractivity contribution is -0.155. The van der Waals surface area contributed by atoms with Crippen LogP contribution in [0.25, 0.3) is 0 Å². The average molecular weight is 368 g/mol. The van der Waals surface area contributed by atoms with Crippen LogP contribution in [0.2, 0.25) is 0 Å². The maximum Gasteiger partial charge on any atom is 0.410 e. The van der Waals surface area contributed by atoms with Crippen LogP contribution in [0.3, 0.4) is 0 Å². The van der Waals surface area contributed by atoms with Crippen LogP contribution in [0, 0.1) is 11.8 Å². The van der Waals surface area contributed by atoms with E-state index in [1.807, 2.05) is 13.8 Å². The highest BCUT2D eigenvalue weighted by atomic mass is 16.6. The van der Waals surface area contributed by atoms with Crippen molar-refractivity contribution in [2.45, 2.75) is 58.7 Å². The normalized spacial score (nSPS) is 21.3. The van der Waals surface area contributed by atoms with E-state index >= 15 is 0 Å². The van der Waals surface area contributed by atoms with Crippen molar-refractivity contribution in [1.29, 1.82) is 0 Å². The molecule has 0 aromatic heterocycles. The standard InChI is InChI=1S/C19H32N2O5/c1-9-14-13(10-11-21(14)18(24)26-19(4,5)6)16(22)20(7)15(12(2)3)17(23)25-8/h9,12-15H,1,10-11H2,2-8H3/t13-,14+,15-/m0/s1. The van der Waals surface area contributed by atoms with E-state index in [2.05, 4.69) is 6.58 Å². The van der Waals surface area contributed by atoms with E-state index in [9.17, 15) is 14.4 Å². The molecule has 0 aromatic rings. The summed E-state index contributed by atoms with van der Waals surface area (Å²) in [6, 6.07) is -1.14. The SMILES string of the molecule is C=C[C@@H]1[C@@H](C(=O)N(C)[C@H](C(=O)OC)C(C)C)CCN1C(=O)OC(C)(C)C. The number of esters is 1. The van der Waals surface area contributed by atoms with Gasteiger partial charge >= 0.3 is 12.1 Å². The van der Waals surface area contributed by atoms with Gasteiger partial charge in [0.05, 0.1) is 19.1 Å². The molecule has 0 unspecified atom stereocenters. The van der Waals surface area contributed by atoms with Crippen molar-refractivity contribution in [2.75, 3.05) is 20.7 Å². The van der Waals surface area contributed by atoms with E-state index in [-0.39, 0.29) is 11.8 Å². The molecule has 0 aromatic carbocycles. The van der Waals surface area contributed by atoms with E-state index in [4.69, 9.17) is 9.47 Å². The van der Waals surface area contributed by atoms with Crippen molar-refractivity contribution in [2.24, 2.45) is 11.8 Å². The quantitative estimate of drug-likeness (QED) is 0.550. The van der Waals surface area contributed by atoms with Gasteiger partial charge in [-0.25, -0.2) is 9.59 Å². The second kappa shape index (κ2) is 8.56. The largest absolute Gasteiger partial charge is 0.467 e. The summed E-state index contributed by atoms with van der Waals surface area (Å²) in [6.07, 6.45) is 1.62. The number of ether oxygens (including phenoxy) is 2. The Kier molecular flexibility index (Phi) is 7.24. The lowest BCUT2D eigenvalue weighted by Gasteiger charge is -2.33. The number of methoxy groups -OCH3 is 1. The Morgan fingerprint density at radius 1 is 1.27 bits per heavy atom. The lowest BCUT2D eigenvalue weighted by Crippen LogP contribution is -2.50. The second-order valence-corrected chi connectivity index (χ2v) is 7.96. The predicted molar refractivity (Wildman–Crippen MR) is 98.4 cm³/mol. The molecule has 1 heterocycles. The molecule has 0 spiro atoms. The van der Waals surface area contributed by atoms with Gasteiger partial charge in [-0.3, -0.25) is 4.79 Å². The molecule has 1 saturated heterocycles. The fourth-order valence-corrected chi connectivity index (χ4v) is 3.31. The Labute approximate surface area is 156 Å². The average Bonchev–Trinajstić information content (AvgIpc) is 2.95. The Morgan fingerprint density at radius 3 is 2.27 bits per heavy atom. The Bertz CT molecular complexity index is 553. The molecule has 148 valence electrons. The van der Waals surface area contributed by atoms with Gasteiger partial charge < -0.3 is 19.3 Å². The topological polar surface area (TPSA) is 76.2 Å². The molecule has 1 aliphatic heterocycles. The van der Waals surface area contributed by atoms with Gasteiger partial charge in [-0.15, -0.1) is 6.58 Å². The summed E-state index contributed by atoms with van der Waals surface area (Å²) in [7, 11) is 2.91. The number of hydrogen-bond acceptors (Lipinski definition) is 5. The third-order valence-electron chi connectivity index (χ3n) is 4.48. The van der Waals surface area contributed by atoms with Crippen LogP contribution in [0.5, 0.6) is 0 Å². The zero-order valence-corrected chi connectivity index (χ0v) is 16.9. The van der Waals surface area contributed by atoms with E-state index in [1.54, 1.807) is 33.9 Å². The van der Waals surface area contributed by atoms with Crippen LogP contribution in [0.4, 0.5) is 4.79 Å². The number of rotatable bonds is 5. The third-order valence-corrected chi connectivity index (χ3v) is 4.48. The van der Waals surface area contributed by atoms with Crippen molar-refractivity contribution in [1.82, 2.24) is 9.80 Å².